The summed E-state index contributed by atoms with van der Waals surface area (Å²) in [6, 6.07) is 15.3. The Morgan fingerprint density at radius 1 is 1.00 bits per heavy atom. The lowest BCUT2D eigenvalue weighted by molar-refractivity contribution is -0.155. The zero-order valence-corrected chi connectivity index (χ0v) is 17.7. The molecule has 0 saturated heterocycles. The molecule has 1 N–H and O–H groups in total. The van der Waals surface area contributed by atoms with Gasteiger partial charge in [-0.05, 0) is 36.8 Å². The zero-order chi connectivity index (χ0) is 21.2. The average Bonchev–Trinajstić information content (AvgIpc) is 2.73. The highest BCUT2D eigenvalue weighted by Gasteiger charge is 2.23. The van der Waals surface area contributed by atoms with Crippen molar-refractivity contribution in [1.29, 1.82) is 0 Å². The Morgan fingerprint density at radius 2 is 1.66 bits per heavy atom. The zero-order valence-electron chi connectivity index (χ0n) is 16.1. The summed E-state index contributed by atoms with van der Waals surface area (Å²) in [5.41, 5.74) is 0.858. The third kappa shape index (κ3) is 7.57. The van der Waals surface area contributed by atoms with Crippen molar-refractivity contribution in [2.75, 3.05) is 13.7 Å². The second-order valence-electron chi connectivity index (χ2n) is 6.15. The molecule has 0 aromatic heterocycles. The van der Waals surface area contributed by atoms with Crippen LogP contribution in [-0.2, 0) is 30.3 Å². The highest BCUT2D eigenvalue weighted by atomic mass is 79.9. The molecule has 2 aromatic rings. The molecular formula is C21H22BrNO6. The maximum absolute atomic E-state index is 12.1. The number of hydrogen-bond donors (Lipinski definition) is 1. The molecule has 8 heteroatoms. The van der Waals surface area contributed by atoms with Crippen LogP contribution in [0.5, 0.6) is 5.75 Å². The number of benzene rings is 2. The van der Waals surface area contributed by atoms with Crippen LogP contribution in [0.4, 0.5) is 0 Å². The molecule has 0 fully saturated rings. The number of nitrogens with one attached hydrogen (secondary N) is 1. The number of hydrogen-bond acceptors (Lipinski definition) is 6. The van der Waals surface area contributed by atoms with Crippen molar-refractivity contribution in [1.82, 2.24) is 5.32 Å². The summed E-state index contributed by atoms with van der Waals surface area (Å²) >= 11 is 3.31. The fourth-order valence-electron chi connectivity index (χ4n) is 2.44. The summed E-state index contributed by atoms with van der Waals surface area (Å²) in [4.78, 5) is 36.2. The van der Waals surface area contributed by atoms with E-state index in [9.17, 15) is 14.4 Å². The lowest BCUT2D eigenvalue weighted by Crippen LogP contribution is -2.45. The van der Waals surface area contributed by atoms with Crippen LogP contribution < -0.4 is 10.1 Å². The molecule has 29 heavy (non-hydrogen) atoms. The Balaban J connectivity index is 1.84. The minimum atomic E-state index is -0.898. The summed E-state index contributed by atoms with van der Waals surface area (Å²) in [6.45, 7) is 0.990. The molecule has 1 amide bonds. The van der Waals surface area contributed by atoms with Gasteiger partial charge in [-0.1, -0.05) is 46.3 Å². The lowest BCUT2D eigenvalue weighted by Gasteiger charge is -2.17. The van der Waals surface area contributed by atoms with Crippen molar-refractivity contribution in [2.24, 2.45) is 0 Å². The van der Waals surface area contributed by atoms with E-state index in [1.807, 2.05) is 30.3 Å². The van der Waals surface area contributed by atoms with Gasteiger partial charge in [0.1, 0.15) is 11.8 Å². The molecule has 7 nitrogen and oxygen atoms in total. The predicted octanol–water partition coefficient (Wildman–Crippen LogP) is 2.66. The van der Waals surface area contributed by atoms with Crippen LogP contribution in [0, 0.1) is 0 Å². The molecular weight excluding hydrogens is 442 g/mol. The number of carbonyl (C=O) groups excluding carboxylic acids is 3. The minimum absolute atomic E-state index is 0.260. The van der Waals surface area contributed by atoms with Crippen molar-refractivity contribution in [3.8, 4) is 5.75 Å². The number of rotatable bonds is 9. The summed E-state index contributed by atoms with van der Waals surface area (Å²) < 4.78 is 16.1. The summed E-state index contributed by atoms with van der Waals surface area (Å²) in [6.07, 6.45) is -0.638. The van der Waals surface area contributed by atoms with E-state index >= 15 is 0 Å². The maximum Gasteiger partial charge on any atom is 0.347 e. The predicted molar refractivity (Wildman–Crippen MR) is 109 cm³/mol. The van der Waals surface area contributed by atoms with Crippen LogP contribution in [0.3, 0.4) is 0 Å². The standard InChI is InChI=1S/C21H22BrNO6/c1-14(29-17-10-8-16(22)9-11-17)20(25)28-13-19(24)23-18(21(26)27-2)12-15-6-4-3-5-7-15/h3-11,14,18H,12-13H2,1-2H3,(H,23,24). The monoisotopic (exact) mass is 463 g/mol. The summed E-state index contributed by atoms with van der Waals surface area (Å²) in [5.74, 6) is -1.39. The fraction of sp³-hybridized carbons (Fsp3) is 0.286. The average molecular weight is 464 g/mol. The lowest BCUT2D eigenvalue weighted by atomic mass is 10.1. The van der Waals surface area contributed by atoms with E-state index in [0.29, 0.717) is 5.75 Å². The molecule has 0 saturated carbocycles. The molecule has 2 rings (SSSR count). The van der Waals surface area contributed by atoms with Gasteiger partial charge in [0.25, 0.3) is 5.91 Å². The molecule has 0 bridgehead atoms. The number of esters is 2. The Hall–Kier alpha value is -2.87. The van der Waals surface area contributed by atoms with Crippen molar-refractivity contribution in [2.45, 2.75) is 25.5 Å². The minimum Gasteiger partial charge on any atom is -0.479 e. The van der Waals surface area contributed by atoms with Crippen molar-refractivity contribution in [3.63, 3.8) is 0 Å². The molecule has 0 heterocycles. The van der Waals surface area contributed by atoms with Gasteiger partial charge in [-0.25, -0.2) is 9.59 Å². The molecule has 0 radical (unpaired) electrons. The van der Waals surface area contributed by atoms with Crippen LogP contribution in [0.15, 0.2) is 59.1 Å². The maximum atomic E-state index is 12.1. The molecule has 2 atom stereocenters. The van der Waals surface area contributed by atoms with Gasteiger partial charge in [-0.15, -0.1) is 0 Å². The molecule has 0 aliphatic rings. The first-order chi connectivity index (χ1) is 13.9. The second-order valence-corrected chi connectivity index (χ2v) is 7.07. The first-order valence-electron chi connectivity index (χ1n) is 8.89. The molecule has 0 aliphatic heterocycles. The van der Waals surface area contributed by atoms with E-state index in [2.05, 4.69) is 21.2 Å². The Morgan fingerprint density at radius 3 is 2.28 bits per heavy atom. The second kappa shape index (κ2) is 11.2. The highest BCUT2D eigenvalue weighted by molar-refractivity contribution is 9.10. The van der Waals surface area contributed by atoms with Crippen LogP contribution in [0.1, 0.15) is 12.5 Å². The van der Waals surface area contributed by atoms with Crippen LogP contribution in [0.2, 0.25) is 0 Å². The molecule has 0 spiro atoms. The van der Waals surface area contributed by atoms with Crippen molar-refractivity contribution >= 4 is 33.8 Å². The molecule has 2 unspecified atom stereocenters. The van der Waals surface area contributed by atoms with E-state index in [4.69, 9.17) is 14.2 Å². The number of halogens is 1. The normalized spacial score (nSPS) is 12.4. The Labute approximate surface area is 177 Å². The first-order valence-corrected chi connectivity index (χ1v) is 9.68. The van der Waals surface area contributed by atoms with Gasteiger partial charge in [0.05, 0.1) is 7.11 Å². The van der Waals surface area contributed by atoms with Crippen LogP contribution in [0.25, 0.3) is 0 Å². The van der Waals surface area contributed by atoms with Crippen molar-refractivity contribution < 1.29 is 28.6 Å². The highest BCUT2D eigenvalue weighted by Crippen LogP contribution is 2.17. The largest absolute Gasteiger partial charge is 0.479 e. The van der Waals surface area contributed by atoms with Gasteiger partial charge < -0.3 is 19.5 Å². The SMILES string of the molecule is COC(=O)C(Cc1ccccc1)NC(=O)COC(=O)C(C)Oc1ccc(Br)cc1. The van der Waals surface area contributed by atoms with Crippen LogP contribution in [-0.4, -0.2) is 43.7 Å². The Bertz CT molecular complexity index is 825. The quantitative estimate of drug-likeness (QED) is 0.574. The summed E-state index contributed by atoms with van der Waals surface area (Å²) in [7, 11) is 1.24. The van der Waals surface area contributed by atoms with E-state index in [1.54, 1.807) is 24.3 Å². The number of amides is 1. The first kappa shape index (κ1) is 22.4. The van der Waals surface area contributed by atoms with Gasteiger partial charge in [0.15, 0.2) is 12.7 Å². The molecule has 0 aliphatic carbocycles. The van der Waals surface area contributed by atoms with E-state index in [1.165, 1.54) is 14.0 Å². The smallest absolute Gasteiger partial charge is 0.347 e. The van der Waals surface area contributed by atoms with E-state index in [0.717, 1.165) is 10.0 Å². The number of ether oxygens (including phenoxy) is 3. The summed E-state index contributed by atoms with van der Waals surface area (Å²) in [5, 5.41) is 2.53. The third-order valence-corrected chi connectivity index (χ3v) is 4.44. The van der Waals surface area contributed by atoms with Gasteiger partial charge in [0, 0.05) is 10.9 Å². The van der Waals surface area contributed by atoms with Crippen LogP contribution >= 0.6 is 15.9 Å². The number of methoxy groups -OCH3 is 1. The number of carbonyl (C=O) groups is 3. The van der Waals surface area contributed by atoms with Gasteiger partial charge in [0.2, 0.25) is 0 Å². The van der Waals surface area contributed by atoms with Gasteiger partial charge in [-0.3, -0.25) is 4.79 Å². The van der Waals surface area contributed by atoms with Gasteiger partial charge in [-0.2, -0.15) is 0 Å². The molecule has 2 aromatic carbocycles. The van der Waals surface area contributed by atoms with E-state index in [-0.39, 0.29) is 6.42 Å². The Kier molecular flexibility index (Phi) is 8.67. The van der Waals surface area contributed by atoms with E-state index < -0.39 is 36.6 Å². The fourth-order valence-corrected chi connectivity index (χ4v) is 2.71. The van der Waals surface area contributed by atoms with Gasteiger partial charge >= 0.3 is 11.9 Å². The van der Waals surface area contributed by atoms with Crippen molar-refractivity contribution in [3.05, 3.63) is 64.6 Å². The topological polar surface area (TPSA) is 90.9 Å². The molecule has 154 valence electrons. The third-order valence-electron chi connectivity index (χ3n) is 3.91.